The Balaban J connectivity index is 2.03. The lowest BCUT2D eigenvalue weighted by Crippen LogP contribution is -2.54. The molecule has 2 aromatic carbocycles. The molecule has 0 aliphatic carbocycles. The van der Waals surface area contributed by atoms with E-state index in [2.05, 4.69) is 5.32 Å². The van der Waals surface area contributed by atoms with Crippen molar-refractivity contribution in [2.24, 2.45) is 0 Å². The van der Waals surface area contributed by atoms with Gasteiger partial charge in [-0.05, 0) is 76.8 Å². The molecule has 2 amide bonds. The fraction of sp³-hybridized carbons (Fsp3) is 0. The van der Waals surface area contributed by atoms with Crippen molar-refractivity contribution in [3.8, 4) is 5.75 Å². The molecule has 132 valence electrons. The molecule has 0 atom stereocenters. The average molecular weight is 519 g/mol. The molecule has 9 heteroatoms. The van der Waals surface area contributed by atoms with E-state index >= 15 is 0 Å². The molecule has 1 fully saturated rings. The van der Waals surface area contributed by atoms with Crippen LogP contribution < -0.4 is 10.2 Å². The molecule has 0 saturated carbocycles. The molecule has 0 spiro atoms. The Morgan fingerprint density at radius 3 is 2.50 bits per heavy atom. The highest BCUT2D eigenvalue weighted by molar-refractivity contribution is 14.1. The Hall–Kier alpha value is -1.68. The number of amides is 2. The maximum Gasteiger partial charge on any atom is 0.270 e. The zero-order valence-corrected chi connectivity index (χ0v) is 17.3. The summed E-state index contributed by atoms with van der Waals surface area (Å²) in [5.41, 5.74) is 0.888. The van der Waals surface area contributed by atoms with Crippen LogP contribution in [0.25, 0.3) is 6.08 Å². The number of nitrogens with one attached hydrogen (secondary N) is 1. The number of halogens is 3. The molecule has 0 bridgehead atoms. The van der Waals surface area contributed by atoms with E-state index in [0.29, 0.717) is 19.8 Å². The molecule has 0 unspecified atom stereocenters. The summed E-state index contributed by atoms with van der Waals surface area (Å²) in [6, 6.07) is 9.35. The number of thiocarbonyl (C=S) groups is 1. The topological polar surface area (TPSA) is 69.6 Å². The summed E-state index contributed by atoms with van der Waals surface area (Å²) in [5.74, 6) is -1.06. The van der Waals surface area contributed by atoms with Gasteiger partial charge in [0.25, 0.3) is 11.8 Å². The zero-order chi connectivity index (χ0) is 19.0. The Kier molecular flexibility index (Phi) is 5.52. The number of carbonyl (C=O) groups excluding carboxylic acids is 2. The third-order valence-electron chi connectivity index (χ3n) is 3.55. The second-order valence-electron chi connectivity index (χ2n) is 5.27. The maximum atomic E-state index is 12.9. The number of rotatable bonds is 2. The molecule has 2 N–H and O–H groups in total. The van der Waals surface area contributed by atoms with Crippen molar-refractivity contribution in [1.29, 1.82) is 0 Å². The first-order chi connectivity index (χ1) is 12.3. The molecule has 3 rings (SSSR count). The van der Waals surface area contributed by atoms with Crippen LogP contribution in [0.4, 0.5) is 5.69 Å². The zero-order valence-electron chi connectivity index (χ0n) is 12.8. The van der Waals surface area contributed by atoms with Crippen LogP contribution in [-0.2, 0) is 9.59 Å². The summed E-state index contributed by atoms with van der Waals surface area (Å²) >= 11 is 19.0. The predicted molar refractivity (Wildman–Crippen MR) is 113 cm³/mol. The van der Waals surface area contributed by atoms with Crippen molar-refractivity contribution >= 4 is 86.7 Å². The summed E-state index contributed by atoms with van der Waals surface area (Å²) in [7, 11) is 0. The summed E-state index contributed by atoms with van der Waals surface area (Å²) in [5, 5.41) is 12.6. The molecule has 5 nitrogen and oxygen atoms in total. The van der Waals surface area contributed by atoms with Crippen molar-refractivity contribution in [3.63, 3.8) is 0 Å². The standard InChI is InChI=1S/C17H9Cl2IN2O3S/c18-11-3-2-9(7-12(11)19)22-16(25)10(15(24)21-17(22)26)5-8-1-4-14(23)13(20)6-8/h1-7,23H,(H,21,24,26)/b10-5+. The molecule has 0 radical (unpaired) electrons. The van der Waals surface area contributed by atoms with Gasteiger partial charge in [-0.15, -0.1) is 0 Å². The number of carbonyl (C=O) groups is 2. The lowest BCUT2D eigenvalue weighted by atomic mass is 10.1. The highest BCUT2D eigenvalue weighted by atomic mass is 127. The van der Waals surface area contributed by atoms with Crippen molar-refractivity contribution in [2.75, 3.05) is 4.90 Å². The molecular formula is C17H9Cl2IN2O3S. The van der Waals surface area contributed by atoms with Gasteiger partial charge in [-0.1, -0.05) is 29.3 Å². The first kappa shape index (κ1) is 19.1. The van der Waals surface area contributed by atoms with Gasteiger partial charge in [-0.2, -0.15) is 0 Å². The second kappa shape index (κ2) is 7.51. The van der Waals surface area contributed by atoms with E-state index in [1.807, 2.05) is 22.6 Å². The fourth-order valence-electron chi connectivity index (χ4n) is 2.30. The number of aromatic hydroxyl groups is 1. The van der Waals surface area contributed by atoms with Crippen LogP contribution in [0, 0.1) is 3.57 Å². The molecule has 26 heavy (non-hydrogen) atoms. The lowest BCUT2D eigenvalue weighted by Gasteiger charge is -2.29. The number of hydrogen-bond acceptors (Lipinski definition) is 4. The van der Waals surface area contributed by atoms with Crippen molar-refractivity contribution in [1.82, 2.24) is 5.32 Å². The first-order valence-electron chi connectivity index (χ1n) is 7.13. The van der Waals surface area contributed by atoms with Crippen molar-refractivity contribution < 1.29 is 14.7 Å². The summed E-state index contributed by atoms with van der Waals surface area (Å²) in [6.45, 7) is 0. The van der Waals surface area contributed by atoms with Crippen LogP contribution in [0.2, 0.25) is 10.0 Å². The highest BCUT2D eigenvalue weighted by Crippen LogP contribution is 2.30. The quantitative estimate of drug-likeness (QED) is 0.271. The smallest absolute Gasteiger partial charge is 0.270 e. The van der Waals surface area contributed by atoms with E-state index < -0.39 is 11.8 Å². The third-order valence-corrected chi connectivity index (χ3v) is 5.43. The number of phenolic OH excluding ortho intramolecular Hbond substituents is 1. The monoisotopic (exact) mass is 518 g/mol. The molecule has 2 aromatic rings. The number of nitrogens with zero attached hydrogens (tertiary/aromatic N) is 1. The van der Waals surface area contributed by atoms with Gasteiger partial charge in [0.15, 0.2) is 5.11 Å². The van der Waals surface area contributed by atoms with E-state index in [1.54, 1.807) is 18.2 Å². The molecule has 1 saturated heterocycles. The average Bonchev–Trinajstić information content (AvgIpc) is 2.57. The van der Waals surface area contributed by atoms with Gasteiger partial charge in [-0.3, -0.25) is 19.8 Å². The van der Waals surface area contributed by atoms with Gasteiger partial charge in [0.1, 0.15) is 11.3 Å². The molecule has 0 aromatic heterocycles. The van der Waals surface area contributed by atoms with Crippen LogP contribution >= 0.6 is 58.0 Å². The molecular weight excluding hydrogens is 510 g/mol. The van der Waals surface area contributed by atoms with Crippen LogP contribution in [0.15, 0.2) is 42.0 Å². The minimum Gasteiger partial charge on any atom is -0.507 e. The fourth-order valence-corrected chi connectivity index (χ4v) is 3.41. The Bertz CT molecular complexity index is 994. The maximum absolute atomic E-state index is 12.9. The molecule has 1 aliphatic heterocycles. The van der Waals surface area contributed by atoms with Gasteiger partial charge in [0, 0.05) is 0 Å². The number of benzene rings is 2. The summed E-state index contributed by atoms with van der Waals surface area (Å²) < 4.78 is 0.595. The lowest BCUT2D eigenvalue weighted by molar-refractivity contribution is -0.122. The van der Waals surface area contributed by atoms with Crippen molar-refractivity contribution in [3.05, 3.63) is 61.2 Å². The second-order valence-corrected chi connectivity index (χ2v) is 7.63. The summed E-state index contributed by atoms with van der Waals surface area (Å²) in [4.78, 5) is 26.3. The SMILES string of the molecule is O=C1NC(=S)N(c2ccc(Cl)c(Cl)c2)C(=O)/C1=C/c1ccc(O)c(I)c1. The van der Waals surface area contributed by atoms with Gasteiger partial charge >= 0.3 is 0 Å². The highest BCUT2D eigenvalue weighted by Gasteiger charge is 2.34. The number of hydrogen-bond donors (Lipinski definition) is 2. The van der Waals surface area contributed by atoms with E-state index in [1.165, 1.54) is 29.2 Å². The Morgan fingerprint density at radius 1 is 1.12 bits per heavy atom. The van der Waals surface area contributed by atoms with E-state index in [9.17, 15) is 14.7 Å². The molecule has 1 heterocycles. The number of anilines is 1. The number of phenols is 1. The minimum absolute atomic E-state index is 0.0455. The van der Waals surface area contributed by atoms with Crippen LogP contribution in [0.3, 0.4) is 0 Å². The summed E-state index contributed by atoms with van der Waals surface area (Å²) in [6.07, 6.45) is 1.44. The Morgan fingerprint density at radius 2 is 1.85 bits per heavy atom. The largest absolute Gasteiger partial charge is 0.507 e. The van der Waals surface area contributed by atoms with E-state index in [0.717, 1.165) is 0 Å². The third kappa shape index (κ3) is 3.71. The minimum atomic E-state index is -0.598. The van der Waals surface area contributed by atoms with Crippen LogP contribution in [-0.4, -0.2) is 22.0 Å². The van der Waals surface area contributed by atoms with Gasteiger partial charge in [0.2, 0.25) is 0 Å². The van der Waals surface area contributed by atoms with Gasteiger partial charge in [-0.25, -0.2) is 0 Å². The van der Waals surface area contributed by atoms with E-state index in [4.69, 9.17) is 35.4 Å². The van der Waals surface area contributed by atoms with E-state index in [-0.39, 0.29) is 21.5 Å². The van der Waals surface area contributed by atoms with Gasteiger partial charge < -0.3 is 5.11 Å². The Labute approximate surface area is 177 Å². The molecule has 1 aliphatic rings. The van der Waals surface area contributed by atoms with Crippen LogP contribution in [0.5, 0.6) is 5.75 Å². The normalized spacial score (nSPS) is 16.2. The predicted octanol–water partition coefficient (Wildman–Crippen LogP) is 4.13. The first-order valence-corrected chi connectivity index (χ1v) is 9.37. The van der Waals surface area contributed by atoms with Crippen molar-refractivity contribution in [2.45, 2.75) is 0 Å². The van der Waals surface area contributed by atoms with Crippen LogP contribution in [0.1, 0.15) is 5.56 Å². The van der Waals surface area contributed by atoms with Gasteiger partial charge in [0.05, 0.1) is 19.3 Å².